The van der Waals surface area contributed by atoms with Crippen LogP contribution in [0.15, 0.2) is 108 Å². The Hall–Kier alpha value is -3.50. The van der Waals surface area contributed by atoms with Gasteiger partial charge in [-0.3, -0.25) is 9.59 Å². The van der Waals surface area contributed by atoms with Crippen molar-refractivity contribution in [3.05, 3.63) is 135 Å². The molecule has 34 heavy (non-hydrogen) atoms. The number of halogens is 1. The normalized spacial score (nSPS) is 21.0. The fourth-order valence-electron chi connectivity index (χ4n) is 5.78. The first-order valence-corrected chi connectivity index (χ1v) is 12.2. The summed E-state index contributed by atoms with van der Waals surface area (Å²) in [5.74, 6) is -0.186. The van der Waals surface area contributed by atoms with Crippen LogP contribution in [0.25, 0.3) is 0 Å². The Labute approximate surface area is 207 Å². The van der Waals surface area contributed by atoms with Crippen LogP contribution < -0.4 is 4.90 Å². The van der Waals surface area contributed by atoms with Crippen LogP contribution in [0.2, 0.25) is 0 Å². The minimum absolute atomic E-state index is 0.0301. The molecule has 4 heteroatoms. The van der Waals surface area contributed by atoms with Gasteiger partial charge in [-0.25, -0.2) is 0 Å². The van der Waals surface area contributed by atoms with Gasteiger partial charge in [-0.15, -0.1) is 0 Å². The number of hydrogen-bond donors (Lipinski definition) is 0. The van der Waals surface area contributed by atoms with Gasteiger partial charge in [-0.1, -0.05) is 101 Å². The largest absolute Gasteiger partial charge is 0.307 e. The summed E-state index contributed by atoms with van der Waals surface area (Å²) >= 11 is 3.53. The summed E-state index contributed by atoms with van der Waals surface area (Å²) in [4.78, 5) is 30.0. The lowest BCUT2D eigenvalue weighted by molar-refractivity contribution is -0.122. The van der Waals surface area contributed by atoms with E-state index in [1.54, 1.807) is 0 Å². The predicted molar refractivity (Wildman–Crippen MR) is 137 cm³/mol. The van der Waals surface area contributed by atoms with Crippen LogP contribution in [0, 0.1) is 0 Å². The van der Waals surface area contributed by atoms with Crippen molar-refractivity contribution in [2.45, 2.75) is 24.3 Å². The van der Waals surface area contributed by atoms with Crippen LogP contribution >= 0.6 is 15.9 Å². The summed E-state index contributed by atoms with van der Waals surface area (Å²) in [5.41, 5.74) is 4.44. The highest BCUT2D eigenvalue weighted by atomic mass is 79.9. The molecule has 2 aliphatic rings. The third-order valence-electron chi connectivity index (χ3n) is 7.21. The van der Waals surface area contributed by atoms with Crippen molar-refractivity contribution in [2.24, 2.45) is 0 Å². The number of amides is 1. The molecule has 0 saturated heterocycles. The van der Waals surface area contributed by atoms with Crippen LogP contribution in [-0.2, 0) is 16.8 Å². The Morgan fingerprint density at radius 2 is 1.47 bits per heavy atom. The van der Waals surface area contributed by atoms with Crippen molar-refractivity contribution in [1.29, 1.82) is 0 Å². The van der Waals surface area contributed by atoms with Gasteiger partial charge in [-0.2, -0.15) is 0 Å². The van der Waals surface area contributed by atoms with Gasteiger partial charge >= 0.3 is 0 Å². The zero-order valence-corrected chi connectivity index (χ0v) is 20.0. The van der Waals surface area contributed by atoms with Crippen LogP contribution in [-0.4, -0.2) is 11.7 Å². The first kappa shape index (κ1) is 21.1. The van der Waals surface area contributed by atoms with E-state index in [0.29, 0.717) is 12.1 Å². The molecule has 0 radical (unpaired) electrons. The van der Waals surface area contributed by atoms with Crippen molar-refractivity contribution in [3.63, 3.8) is 0 Å². The summed E-state index contributed by atoms with van der Waals surface area (Å²) in [6.45, 7) is 0.486. The van der Waals surface area contributed by atoms with Gasteiger partial charge in [0.05, 0.1) is 6.54 Å². The Kier molecular flexibility index (Phi) is 5.00. The maximum Gasteiger partial charge on any atom is 0.243 e. The number of anilines is 1. The molecular formula is C30H22BrNO2. The lowest BCUT2D eigenvalue weighted by Gasteiger charge is -2.42. The standard InChI is InChI=1S/C30H22BrNO2/c31-22-15-16-24-23(17-22)28(33)18-26(21-11-5-2-6-12-21)30(24)25-13-7-8-14-27(25)32(29(30)34)19-20-9-3-1-4-10-20/h1-17,26H,18-19H2/t26-,30-/m1/s1. The van der Waals surface area contributed by atoms with E-state index in [9.17, 15) is 9.59 Å². The highest BCUT2D eigenvalue weighted by Gasteiger charge is 2.60. The lowest BCUT2D eigenvalue weighted by atomic mass is 9.58. The number of nitrogens with zero attached hydrogens (tertiary/aromatic N) is 1. The summed E-state index contributed by atoms with van der Waals surface area (Å²) in [6, 6.07) is 33.9. The fourth-order valence-corrected chi connectivity index (χ4v) is 6.14. The molecule has 1 aliphatic carbocycles. The third-order valence-corrected chi connectivity index (χ3v) is 7.70. The van der Waals surface area contributed by atoms with Gasteiger partial charge in [-0.05, 0) is 40.5 Å². The van der Waals surface area contributed by atoms with Crippen molar-refractivity contribution in [3.8, 4) is 0 Å². The second-order valence-electron chi connectivity index (χ2n) is 8.98. The first-order chi connectivity index (χ1) is 16.6. The Bertz CT molecular complexity index is 1420. The van der Waals surface area contributed by atoms with Crippen LogP contribution in [0.4, 0.5) is 5.69 Å². The van der Waals surface area contributed by atoms with Crippen molar-refractivity contribution in [2.75, 3.05) is 4.90 Å². The van der Waals surface area contributed by atoms with E-state index in [1.165, 1.54) is 0 Å². The molecule has 0 fully saturated rings. The molecule has 0 saturated carbocycles. The van der Waals surface area contributed by atoms with Gasteiger partial charge in [0.15, 0.2) is 5.78 Å². The number of benzene rings is 4. The average molecular weight is 508 g/mol. The van der Waals surface area contributed by atoms with E-state index in [-0.39, 0.29) is 24.0 Å². The molecule has 6 rings (SSSR count). The SMILES string of the molecule is O=C1C[C@H](c2ccccc2)[C@@]2(C(=O)N(Cc3ccccc3)c3ccccc32)c2ccc(Br)cc21. The number of hydrogen-bond acceptors (Lipinski definition) is 2. The molecule has 4 aromatic carbocycles. The van der Waals surface area contributed by atoms with Gasteiger partial charge in [0.2, 0.25) is 5.91 Å². The fraction of sp³-hybridized carbons (Fsp3) is 0.133. The summed E-state index contributed by atoms with van der Waals surface area (Å²) in [7, 11) is 0. The number of rotatable bonds is 3. The molecule has 1 aliphatic heterocycles. The molecule has 4 aromatic rings. The number of para-hydroxylation sites is 1. The van der Waals surface area contributed by atoms with Crippen molar-refractivity contribution < 1.29 is 9.59 Å². The van der Waals surface area contributed by atoms with Gasteiger partial charge < -0.3 is 4.90 Å². The second kappa shape index (κ2) is 8.07. The highest BCUT2D eigenvalue weighted by Crippen LogP contribution is 2.58. The zero-order valence-electron chi connectivity index (χ0n) is 18.4. The molecule has 1 amide bonds. The van der Waals surface area contributed by atoms with Gasteiger partial charge in [0, 0.05) is 28.1 Å². The first-order valence-electron chi connectivity index (χ1n) is 11.4. The van der Waals surface area contributed by atoms with E-state index >= 15 is 0 Å². The lowest BCUT2D eigenvalue weighted by Crippen LogP contribution is -2.49. The molecular weight excluding hydrogens is 486 g/mol. The monoisotopic (exact) mass is 507 g/mol. The number of ketones is 1. The molecule has 0 unspecified atom stereocenters. The number of Topliss-reactive ketones (excluding diaryl/α,β-unsaturated/α-hetero) is 1. The molecule has 1 heterocycles. The van der Waals surface area contributed by atoms with E-state index in [1.807, 2.05) is 102 Å². The number of carbonyl (C=O) groups is 2. The van der Waals surface area contributed by atoms with Gasteiger partial charge in [0.1, 0.15) is 5.41 Å². The Morgan fingerprint density at radius 3 is 2.24 bits per heavy atom. The molecule has 0 aromatic heterocycles. The molecule has 0 bridgehead atoms. The quantitative estimate of drug-likeness (QED) is 0.311. The van der Waals surface area contributed by atoms with Crippen LogP contribution in [0.3, 0.4) is 0 Å². The summed E-state index contributed by atoms with van der Waals surface area (Å²) in [5, 5.41) is 0. The minimum atomic E-state index is -0.962. The number of carbonyl (C=O) groups excluding carboxylic acids is 2. The number of fused-ring (bicyclic) bond motifs is 4. The van der Waals surface area contributed by atoms with E-state index in [0.717, 1.165) is 32.4 Å². The predicted octanol–water partition coefficient (Wildman–Crippen LogP) is 6.65. The Morgan fingerprint density at radius 1 is 0.794 bits per heavy atom. The molecule has 3 nitrogen and oxygen atoms in total. The van der Waals surface area contributed by atoms with E-state index in [2.05, 4.69) is 22.0 Å². The topological polar surface area (TPSA) is 37.4 Å². The second-order valence-corrected chi connectivity index (χ2v) is 9.90. The average Bonchev–Trinajstić information content (AvgIpc) is 3.11. The molecule has 2 atom stereocenters. The van der Waals surface area contributed by atoms with Crippen molar-refractivity contribution in [1.82, 2.24) is 0 Å². The maximum atomic E-state index is 14.7. The van der Waals surface area contributed by atoms with E-state index < -0.39 is 5.41 Å². The Balaban J connectivity index is 1.64. The molecule has 166 valence electrons. The minimum Gasteiger partial charge on any atom is -0.307 e. The molecule has 0 N–H and O–H groups in total. The van der Waals surface area contributed by atoms with Crippen LogP contribution in [0.1, 0.15) is 45.0 Å². The van der Waals surface area contributed by atoms with E-state index in [4.69, 9.17) is 0 Å². The highest BCUT2D eigenvalue weighted by molar-refractivity contribution is 9.10. The zero-order chi connectivity index (χ0) is 23.3. The van der Waals surface area contributed by atoms with Gasteiger partial charge in [0.25, 0.3) is 0 Å². The molecule has 1 spiro atoms. The summed E-state index contributed by atoms with van der Waals surface area (Å²) in [6.07, 6.45) is 0.284. The summed E-state index contributed by atoms with van der Waals surface area (Å²) < 4.78 is 0.841. The maximum absolute atomic E-state index is 14.7. The smallest absolute Gasteiger partial charge is 0.243 e. The van der Waals surface area contributed by atoms with Crippen LogP contribution in [0.5, 0.6) is 0 Å². The third kappa shape index (κ3) is 3.02. The van der Waals surface area contributed by atoms with Crippen molar-refractivity contribution >= 4 is 33.3 Å².